The van der Waals surface area contributed by atoms with E-state index in [1.165, 1.54) is 0 Å². The average Bonchev–Trinajstić information content (AvgIpc) is 2.58. The van der Waals surface area contributed by atoms with E-state index in [1.54, 1.807) is 0 Å². The molecule has 0 aromatic heterocycles. The lowest BCUT2D eigenvalue weighted by Gasteiger charge is -1.96. The summed E-state index contributed by atoms with van der Waals surface area (Å²) in [5, 5.41) is 4.66. The Balaban J connectivity index is 2.28. The number of nitrogens with zero attached hydrogens (tertiary/aromatic N) is 1. The van der Waals surface area contributed by atoms with E-state index in [1.807, 2.05) is 24.3 Å². The zero-order chi connectivity index (χ0) is 8.39. The Morgan fingerprint density at radius 1 is 1.25 bits per heavy atom. The Hall–Kier alpha value is -1.02. The van der Waals surface area contributed by atoms with Gasteiger partial charge in [-0.15, -0.1) is 0 Å². The van der Waals surface area contributed by atoms with Gasteiger partial charge in [-0.05, 0) is 17.7 Å². The minimum Gasteiger partial charge on any atom is -0.395 e. The number of hydrogen-bond acceptors (Lipinski definition) is 2. The summed E-state index contributed by atoms with van der Waals surface area (Å²) in [7, 11) is 0. The van der Waals surface area contributed by atoms with Crippen LogP contribution in [-0.4, -0.2) is 12.3 Å². The van der Waals surface area contributed by atoms with E-state index >= 15 is 0 Å². The van der Waals surface area contributed by atoms with Crippen molar-refractivity contribution in [2.24, 2.45) is 5.16 Å². The summed E-state index contributed by atoms with van der Waals surface area (Å²) in [5.74, 6) is 0. The highest BCUT2D eigenvalue weighted by atomic mass is 35.5. The van der Waals surface area contributed by atoms with Gasteiger partial charge in [0.1, 0.15) is 6.61 Å². The first-order valence-electron chi connectivity index (χ1n) is 3.81. The lowest BCUT2D eigenvalue weighted by Crippen LogP contribution is -1.95. The molecule has 0 N–H and O–H groups in total. The Morgan fingerprint density at radius 2 is 2.00 bits per heavy atom. The number of benzene rings is 1. The zero-order valence-corrected chi connectivity index (χ0v) is 7.21. The second-order valence-electron chi connectivity index (χ2n) is 2.63. The molecule has 2 rings (SSSR count). The summed E-state index contributed by atoms with van der Waals surface area (Å²) in [6, 6.07) is 7.63. The monoisotopic (exact) mass is 181 g/mol. The molecule has 0 radical (unpaired) electrons. The molecule has 3 heteroatoms. The smallest absolute Gasteiger partial charge is 0.122 e. The predicted molar refractivity (Wildman–Crippen MR) is 48.6 cm³/mol. The van der Waals surface area contributed by atoms with Crippen molar-refractivity contribution in [3.05, 3.63) is 34.9 Å². The van der Waals surface area contributed by atoms with E-state index < -0.39 is 0 Å². The molecule has 1 aliphatic rings. The summed E-state index contributed by atoms with van der Waals surface area (Å²) >= 11 is 5.75. The second-order valence-corrected chi connectivity index (χ2v) is 3.06. The molecule has 0 saturated carbocycles. The third-order valence-electron chi connectivity index (χ3n) is 1.78. The molecule has 0 bridgehead atoms. The van der Waals surface area contributed by atoms with Crippen LogP contribution in [0, 0.1) is 0 Å². The van der Waals surface area contributed by atoms with Crippen LogP contribution < -0.4 is 0 Å². The van der Waals surface area contributed by atoms with E-state index in [9.17, 15) is 0 Å². The summed E-state index contributed by atoms with van der Waals surface area (Å²) in [6.07, 6.45) is 0.891. The fraction of sp³-hybridized carbons (Fsp3) is 0.222. The van der Waals surface area contributed by atoms with E-state index in [0.717, 1.165) is 22.7 Å². The molecule has 1 heterocycles. The quantitative estimate of drug-likeness (QED) is 0.652. The first-order chi connectivity index (χ1) is 5.86. The number of hydrogen-bond donors (Lipinski definition) is 0. The van der Waals surface area contributed by atoms with Crippen molar-refractivity contribution in [1.82, 2.24) is 0 Å². The maximum atomic E-state index is 5.75. The molecule has 1 aliphatic heterocycles. The fourth-order valence-electron chi connectivity index (χ4n) is 1.15. The average molecular weight is 182 g/mol. The topological polar surface area (TPSA) is 21.6 Å². The van der Waals surface area contributed by atoms with E-state index in [-0.39, 0.29) is 0 Å². The van der Waals surface area contributed by atoms with Crippen LogP contribution in [0.4, 0.5) is 0 Å². The van der Waals surface area contributed by atoms with Gasteiger partial charge in [0.2, 0.25) is 0 Å². The SMILES string of the molecule is Clc1ccc(C2=NOCC2)cc1. The molecule has 1 aromatic rings. The number of oxime groups is 1. The molecule has 1 aromatic carbocycles. The normalized spacial score (nSPS) is 15.6. The van der Waals surface area contributed by atoms with Crippen LogP contribution in [0.25, 0.3) is 0 Å². The Bertz CT molecular complexity index is 305. The molecule has 0 saturated heterocycles. The second kappa shape index (κ2) is 3.15. The largest absolute Gasteiger partial charge is 0.395 e. The van der Waals surface area contributed by atoms with Gasteiger partial charge in [0.05, 0.1) is 5.71 Å². The third-order valence-corrected chi connectivity index (χ3v) is 2.03. The molecule has 2 nitrogen and oxygen atoms in total. The number of halogens is 1. The maximum absolute atomic E-state index is 5.75. The van der Waals surface area contributed by atoms with Gasteiger partial charge in [-0.3, -0.25) is 0 Å². The molecule has 12 heavy (non-hydrogen) atoms. The maximum Gasteiger partial charge on any atom is 0.122 e. The van der Waals surface area contributed by atoms with Crippen molar-refractivity contribution in [3.63, 3.8) is 0 Å². The van der Waals surface area contributed by atoms with E-state index in [2.05, 4.69) is 5.16 Å². The molecule has 0 fully saturated rings. The van der Waals surface area contributed by atoms with Gasteiger partial charge >= 0.3 is 0 Å². The van der Waals surface area contributed by atoms with Crippen molar-refractivity contribution in [2.45, 2.75) is 6.42 Å². The lowest BCUT2D eigenvalue weighted by molar-refractivity contribution is 0.174. The molecule has 0 unspecified atom stereocenters. The van der Waals surface area contributed by atoms with Gasteiger partial charge in [0.15, 0.2) is 0 Å². The minimum atomic E-state index is 0.692. The molecular formula is C9H8ClNO. The Morgan fingerprint density at radius 3 is 2.58 bits per heavy atom. The summed E-state index contributed by atoms with van der Waals surface area (Å²) in [5.41, 5.74) is 2.10. The summed E-state index contributed by atoms with van der Waals surface area (Å²) in [6.45, 7) is 0.692. The van der Waals surface area contributed by atoms with Gasteiger partial charge < -0.3 is 4.84 Å². The molecule has 0 atom stereocenters. The van der Waals surface area contributed by atoms with Gasteiger partial charge in [-0.1, -0.05) is 28.9 Å². The molecule has 62 valence electrons. The Kier molecular flexibility index (Phi) is 2.00. The van der Waals surface area contributed by atoms with Gasteiger partial charge in [0.25, 0.3) is 0 Å². The van der Waals surface area contributed by atoms with Crippen molar-refractivity contribution in [2.75, 3.05) is 6.61 Å². The van der Waals surface area contributed by atoms with Crippen LogP contribution in [0.3, 0.4) is 0 Å². The standard InChI is InChI=1S/C9H8ClNO/c10-8-3-1-7(2-4-8)9-5-6-12-11-9/h1-4H,5-6H2. The molecule has 0 amide bonds. The van der Waals surface area contributed by atoms with Crippen LogP contribution >= 0.6 is 11.6 Å². The molecule has 0 spiro atoms. The van der Waals surface area contributed by atoms with Crippen molar-refractivity contribution < 1.29 is 4.84 Å². The predicted octanol–water partition coefficient (Wildman–Crippen LogP) is 2.46. The Labute approximate surface area is 75.8 Å². The first kappa shape index (κ1) is 7.62. The van der Waals surface area contributed by atoms with Crippen LogP contribution in [-0.2, 0) is 4.84 Å². The van der Waals surface area contributed by atoms with Gasteiger partial charge in [-0.2, -0.15) is 0 Å². The highest BCUT2D eigenvalue weighted by molar-refractivity contribution is 6.30. The molecule has 0 aliphatic carbocycles. The summed E-state index contributed by atoms with van der Waals surface area (Å²) < 4.78 is 0. The summed E-state index contributed by atoms with van der Waals surface area (Å²) in [4.78, 5) is 4.90. The van der Waals surface area contributed by atoms with Crippen molar-refractivity contribution in [3.8, 4) is 0 Å². The van der Waals surface area contributed by atoms with Crippen LogP contribution in [0.1, 0.15) is 12.0 Å². The van der Waals surface area contributed by atoms with Crippen LogP contribution in [0.15, 0.2) is 29.4 Å². The highest BCUT2D eigenvalue weighted by Crippen LogP contribution is 2.14. The van der Waals surface area contributed by atoms with Crippen LogP contribution in [0.2, 0.25) is 5.02 Å². The van der Waals surface area contributed by atoms with Crippen molar-refractivity contribution in [1.29, 1.82) is 0 Å². The van der Waals surface area contributed by atoms with E-state index in [0.29, 0.717) is 6.61 Å². The van der Waals surface area contributed by atoms with Gasteiger partial charge in [-0.25, -0.2) is 0 Å². The third kappa shape index (κ3) is 1.43. The first-order valence-corrected chi connectivity index (χ1v) is 4.19. The fourth-order valence-corrected chi connectivity index (χ4v) is 1.28. The van der Waals surface area contributed by atoms with Gasteiger partial charge in [0, 0.05) is 11.4 Å². The minimum absolute atomic E-state index is 0.692. The number of rotatable bonds is 1. The zero-order valence-electron chi connectivity index (χ0n) is 6.46. The van der Waals surface area contributed by atoms with Crippen molar-refractivity contribution >= 4 is 17.3 Å². The highest BCUT2D eigenvalue weighted by Gasteiger charge is 2.09. The van der Waals surface area contributed by atoms with E-state index in [4.69, 9.17) is 16.4 Å². The molecular weight excluding hydrogens is 174 g/mol. The van der Waals surface area contributed by atoms with Crippen LogP contribution in [0.5, 0.6) is 0 Å². The lowest BCUT2D eigenvalue weighted by atomic mass is 10.1.